The summed E-state index contributed by atoms with van der Waals surface area (Å²) in [5.41, 5.74) is 23.7. The number of fused-ring (bicyclic) bond motifs is 8. The van der Waals surface area contributed by atoms with Gasteiger partial charge in [0.2, 0.25) is 6.71 Å². The topological polar surface area (TPSA) is 26.1 Å². The van der Waals surface area contributed by atoms with Crippen molar-refractivity contribution in [1.29, 1.82) is 0 Å². The van der Waals surface area contributed by atoms with Crippen molar-refractivity contribution in [3.05, 3.63) is 206 Å². The first kappa shape index (κ1) is 33.9. The Labute approximate surface area is 360 Å². The van der Waals surface area contributed by atoms with E-state index >= 15 is 0 Å². The molecule has 8 aromatic carbocycles. The van der Waals surface area contributed by atoms with Gasteiger partial charge in [0.15, 0.2) is 0 Å². The Hall–Kier alpha value is -7.89. The van der Waals surface area contributed by atoms with Gasteiger partial charge in [0.05, 0.1) is 28.1 Å². The summed E-state index contributed by atoms with van der Waals surface area (Å²) < 4.78 is 6.93. The summed E-state index contributed by atoms with van der Waals surface area (Å²) in [4.78, 5) is 10.2. The van der Waals surface area contributed by atoms with Crippen LogP contribution in [0.2, 0.25) is 0 Å². The Bertz CT molecular complexity index is 3490. The summed E-state index contributed by atoms with van der Waals surface area (Å²) in [6.45, 7) is 6.38. The lowest BCUT2D eigenvalue weighted by Crippen LogP contribution is -2.67. The van der Waals surface area contributed by atoms with Crippen molar-refractivity contribution in [3.8, 4) is 0 Å². The molecule has 14 rings (SSSR count). The molecule has 0 atom stereocenters. The highest BCUT2D eigenvalue weighted by Gasteiger charge is 2.54. The second-order valence-corrected chi connectivity index (χ2v) is 16.9. The number of furan rings is 1. The second kappa shape index (κ2) is 12.3. The molecule has 0 fully saturated rings. The molecule has 62 heavy (non-hydrogen) atoms. The van der Waals surface area contributed by atoms with E-state index in [1.165, 1.54) is 66.9 Å². The van der Waals surface area contributed by atoms with Crippen LogP contribution in [0.15, 0.2) is 210 Å². The van der Waals surface area contributed by atoms with Gasteiger partial charge in [0.25, 0.3) is 6.71 Å². The van der Waals surface area contributed by atoms with E-state index in [2.05, 4.69) is 215 Å². The molecule has 288 valence electrons. The summed E-state index contributed by atoms with van der Waals surface area (Å²) in [7, 11) is 0. The normalized spacial score (nSPS) is 14.9. The molecule has 0 bridgehead atoms. The monoisotopic (exact) mass is 790 g/mol. The lowest BCUT2D eigenvalue weighted by Gasteiger charge is -2.54. The molecule has 1 aromatic heterocycles. The molecule has 9 aromatic rings. The highest BCUT2D eigenvalue weighted by molar-refractivity contribution is 7.03. The van der Waals surface area contributed by atoms with E-state index in [-0.39, 0.29) is 13.4 Å². The molecular weight excluding hydrogens is 754 g/mol. The van der Waals surface area contributed by atoms with Crippen molar-refractivity contribution in [3.63, 3.8) is 0 Å². The molecule has 0 N–H and O–H groups in total. The fraction of sp³-hybridized carbons (Fsp3) is 0.0182. The quantitative estimate of drug-likeness (QED) is 0.128. The minimum absolute atomic E-state index is 0.0101. The molecule has 0 amide bonds. The number of rotatable bonds is 5. The van der Waals surface area contributed by atoms with Gasteiger partial charge in [-0.2, -0.15) is 0 Å². The van der Waals surface area contributed by atoms with Crippen LogP contribution in [0, 0.1) is 0 Å². The third-order valence-corrected chi connectivity index (χ3v) is 13.8. The van der Waals surface area contributed by atoms with Crippen molar-refractivity contribution >= 4 is 125 Å². The van der Waals surface area contributed by atoms with E-state index in [0.29, 0.717) is 0 Å². The maximum atomic E-state index is 6.93. The zero-order chi connectivity index (χ0) is 40.8. The molecule has 0 unspecified atom stereocenters. The van der Waals surface area contributed by atoms with E-state index in [1.54, 1.807) is 0 Å². The van der Waals surface area contributed by atoms with Crippen molar-refractivity contribution in [2.24, 2.45) is 0 Å². The lowest BCUT2D eigenvalue weighted by atomic mass is 9.28. The first-order valence-electron chi connectivity index (χ1n) is 21.5. The summed E-state index contributed by atoms with van der Waals surface area (Å²) >= 11 is 0. The van der Waals surface area contributed by atoms with Gasteiger partial charge in [-0.3, -0.25) is 0 Å². The molecule has 0 saturated carbocycles. The number of allylic oxidation sites excluding steroid dienone is 4. The largest absolute Gasteiger partial charge is 0.456 e. The fourth-order valence-corrected chi connectivity index (χ4v) is 11.6. The van der Waals surface area contributed by atoms with E-state index in [9.17, 15) is 0 Å². The van der Waals surface area contributed by atoms with Gasteiger partial charge >= 0.3 is 0 Å². The number of anilines is 11. The highest BCUT2D eigenvalue weighted by atomic mass is 16.3. The highest BCUT2D eigenvalue weighted by Crippen LogP contribution is 2.60. The van der Waals surface area contributed by atoms with Gasteiger partial charge < -0.3 is 24.0 Å². The van der Waals surface area contributed by atoms with Gasteiger partial charge in [0.1, 0.15) is 11.2 Å². The van der Waals surface area contributed by atoms with Crippen LogP contribution in [-0.2, 0) is 0 Å². The van der Waals surface area contributed by atoms with Crippen LogP contribution in [0.4, 0.5) is 62.6 Å². The Morgan fingerprint density at radius 2 is 1.08 bits per heavy atom. The molecule has 5 aliphatic rings. The van der Waals surface area contributed by atoms with Crippen LogP contribution in [0.25, 0.3) is 21.9 Å². The van der Waals surface area contributed by atoms with Crippen molar-refractivity contribution in [2.75, 3.05) is 19.6 Å². The van der Waals surface area contributed by atoms with Gasteiger partial charge in [-0.05, 0) is 107 Å². The third-order valence-electron chi connectivity index (χ3n) is 13.8. The maximum absolute atomic E-state index is 6.93. The Kier molecular flexibility index (Phi) is 6.74. The van der Waals surface area contributed by atoms with Crippen LogP contribution in [0.3, 0.4) is 0 Å². The lowest BCUT2D eigenvalue weighted by molar-refractivity contribution is 0.669. The summed E-state index contributed by atoms with van der Waals surface area (Å²) in [5.74, 6) is 0. The predicted molar refractivity (Wildman–Crippen MR) is 262 cm³/mol. The molecular formula is C55H36B2N4O. The van der Waals surface area contributed by atoms with Crippen LogP contribution < -0.4 is 46.9 Å². The minimum Gasteiger partial charge on any atom is -0.456 e. The van der Waals surface area contributed by atoms with Crippen LogP contribution in [0.5, 0.6) is 0 Å². The standard InChI is InChI=1S/C55H36B2N4O/c1-3-4-28-42-34(2)56-41-32-48-49(38-25-14-17-31-47(38)62-48)54-53(41)61-52-40(27-18-30-44(52)60(54)37-23-12-7-13-24-37)57-39-26-15-16-29-43(39)59(36-21-10-6-11-22-36)46-33-45(50(56)55(61)51(46)57)58(42)35-19-8-5-9-20-35/h3-33H,1H2,2H3/b28-4-. The number of para-hydroxylation sites is 6. The number of hydrogen-bond acceptors (Lipinski definition) is 5. The van der Waals surface area contributed by atoms with Gasteiger partial charge in [0, 0.05) is 50.9 Å². The molecule has 0 aliphatic carbocycles. The average molecular weight is 791 g/mol. The summed E-state index contributed by atoms with van der Waals surface area (Å²) in [5, 5.41) is 2.24. The molecule has 7 heteroatoms. The molecule has 0 spiro atoms. The van der Waals surface area contributed by atoms with E-state index < -0.39 is 0 Å². The van der Waals surface area contributed by atoms with Crippen LogP contribution in [0.1, 0.15) is 6.92 Å². The van der Waals surface area contributed by atoms with E-state index in [0.717, 1.165) is 56.1 Å². The number of hydrogen-bond donors (Lipinski definition) is 0. The van der Waals surface area contributed by atoms with Gasteiger partial charge in [-0.1, -0.05) is 127 Å². The SMILES string of the molecule is C=C/C=C\C1=C(C)B2c3cc4oc5ccccc5c4c4c3N3c5c(cccc5N4c4ccccc4)B4c5ccccc5N(c5ccccc5)c5cc(c2c3c54)N1c1ccccc1. The zero-order valence-electron chi connectivity index (χ0n) is 34.0. The molecule has 5 nitrogen and oxygen atoms in total. The first-order valence-corrected chi connectivity index (χ1v) is 21.5. The van der Waals surface area contributed by atoms with Crippen molar-refractivity contribution in [1.82, 2.24) is 0 Å². The molecule has 5 aliphatic heterocycles. The molecule has 6 heterocycles. The number of benzene rings is 8. The Morgan fingerprint density at radius 1 is 0.468 bits per heavy atom. The second-order valence-electron chi connectivity index (χ2n) is 16.9. The summed E-state index contributed by atoms with van der Waals surface area (Å²) in [6, 6.07) is 62.2. The van der Waals surface area contributed by atoms with Crippen molar-refractivity contribution in [2.45, 2.75) is 6.92 Å². The Balaban J connectivity index is 1.22. The maximum Gasteiger partial charge on any atom is 0.252 e. The fourth-order valence-electron chi connectivity index (χ4n) is 11.6. The molecule has 0 saturated heterocycles. The predicted octanol–water partition coefficient (Wildman–Crippen LogP) is 11.1. The first-order chi connectivity index (χ1) is 30.7. The molecule has 0 radical (unpaired) electrons. The van der Waals surface area contributed by atoms with E-state index in [1.807, 2.05) is 6.08 Å². The van der Waals surface area contributed by atoms with Gasteiger partial charge in [-0.15, -0.1) is 0 Å². The smallest absolute Gasteiger partial charge is 0.252 e. The van der Waals surface area contributed by atoms with Gasteiger partial charge in [-0.25, -0.2) is 0 Å². The minimum atomic E-state index is -0.0789. The summed E-state index contributed by atoms with van der Waals surface area (Å²) in [6.07, 6.45) is 6.21. The Morgan fingerprint density at radius 3 is 1.84 bits per heavy atom. The number of nitrogens with zero attached hydrogens (tertiary/aromatic N) is 4. The van der Waals surface area contributed by atoms with Crippen molar-refractivity contribution < 1.29 is 4.42 Å². The third kappa shape index (κ3) is 4.20. The van der Waals surface area contributed by atoms with Crippen LogP contribution in [-0.4, -0.2) is 13.4 Å². The zero-order valence-corrected chi connectivity index (χ0v) is 34.0. The average Bonchev–Trinajstić information content (AvgIpc) is 3.70. The van der Waals surface area contributed by atoms with Crippen LogP contribution >= 0.6 is 0 Å². The van der Waals surface area contributed by atoms with E-state index in [4.69, 9.17) is 4.42 Å².